The molecule has 0 aliphatic rings. The van der Waals surface area contributed by atoms with E-state index in [1.807, 2.05) is 13.8 Å². The molecule has 6 heteroatoms. The molecule has 2 rings (SSSR count). The number of ether oxygens (including phenoxy) is 3. The van der Waals surface area contributed by atoms with Crippen LogP contribution in [0.3, 0.4) is 0 Å². The number of hydrogen-bond donors (Lipinski definition) is 1. The van der Waals surface area contributed by atoms with Gasteiger partial charge in [0.15, 0.2) is 6.61 Å². The highest BCUT2D eigenvalue weighted by Crippen LogP contribution is 2.30. The lowest BCUT2D eigenvalue weighted by Gasteiger charge is -2.13. The summed E-state index contributed by atoms with van der Waals surface area (Å²) in [7, 11) is 1.52. The van der Waals surface area contributed by atoms with E-state index in [-0.39, 0.29) is 12.5 Å². The summed E-state index contributed by atoms with van der Waals surface area (Å²) in [6.07, 6.45) is 0. The van der Waals surface area contributed by atoms with Gasteiger partial charge in [0, 0.05) is 11.1 Å². The molecule has 128 valence electrons. The number of hydrogen-bond acceptors (Lipinski definition) is 4. The van der Waals surface area contributed by atoms with Gasteiger partial charge < -0.3 is 19.5 Å². The predicted octanol–water partition coefficient (Wildman–Crippen LogP) is 4.07. The van der Waals surface area contributed by atoms with E-state index >= 15 is 0 Å². The van der Waals surface area contributed by atoms with Crippen LogP contribution >= 0.6 is 11.6 Å². The third-order valence-electron chi connectivity index (χ3n) is 3.26. The number of anilines is 1. The van der Waals surface area contributed by atoms with Gasteiger partial charge in [-0.3, -0.25) is 4.79 Å². The van der Waals surface area contributed by atoms with Gasteiger partial charge in [0.1, 0.15) is 17.2 Å². The molecule has 0 bridgehead atoms. The van der Waals surface area contributed by atoms with Crippen molar-refractivity contribution < 1.29 is 19.0 Å². The van der Waals surface area contributed by atoms with Crippen LogP contribution in [-0.4, -0.2) is 26.2 Å². The molecule has 0 radical (unpaired) electrons. The SMILES string of the molecule is CCOc1ccc(OCC(=O)Nc2cc(C)c(Cl)cc2OC)cc1. The Labute approximate surface area is 146 Å². The number of carbonyl (C=O) groups is 1. The van der Waals surface area contributed by atoms with Crippen LogP contribution in [0.25, 0.3) is 0 Å². The summed E-state index contributed by atoms with van der Waals surface area (Å²) in [4.78, 5) is 12.1. The second kappa shape index (κ2) is 8.45. The molecule has 0 aromatic heterocycles. The van der Waals surface area contributed by atoms with Gasteiger partial charge >= 0.3 is 0 Å². The van der Waals surface area contributed by atoms with Gasteiger partial charge in [0.05, 0.1) is 19.4 Å². The number of amides is 1. The number of rotatable bonds is 7. The molecule has 0 atom stereocenters. The largest absolute Gasteiger partial charge is 0.495 e. The third kappa shape index (κ3) is 4.80. The van der Waals surface area contributed by atoms with Crippen molar-refractivity contribution >= 4 is 23.2 Å². The summed E-state index contributed by atoms with van der Waals surface area (Å²) in [6.45, 7) is 4.26. The number of aryl methyl sites for hydroxylation is 1. The molecule has 0 heterocycles. The lowest BCUT2D eigenvalue weighted by Crippen LogP contribution is -2.20. The summed E-state index contributed by atoms with van der Waals surface area (Å²) in [5.74, 6) is 1.56. The molecule has 0 saturated heterocycles. The third-order valence-corrected chi connectivity index (χ3v) is 3.67. The van der Waals surface area contributed by atoms with Crippen molar-refractivity contribution in [2.24, 2.45) is 0 Å². The molecule has 0 saturated carbocycles. The van der Waals surface area contributed by atoms with Gasteiger partial charge in [0.2, 0.25) is 0 Å². The Morgan fingerprint density at radius 1 is 1.12 bits per heavy atom. The smallest absolute Gasteiger partial charge is 0.262 e. The molecule has 0 fully saturated rings. The molecule has 0 aliphatic carbocycles. The monoisotopic (exact) mass is 349 g/mol. The maximum atomic E-state index is 12.1. The van der Waals surface area contributed by atoms with E-state index in [1.54, 1.807) is 36.4 Å². The number of benzene rings is 2. The summed E-state index contributed by atoms with van der Waals surface area (Å²) in [6, 6.07) is 10.5. The predicted molar refractivity (Wildman–Crippen MR) is 94.5 cm³/mol. The van der Waals surface area contributed by atoms with E-state index in [0.29, 0.717) is 28.8 Å². The topological polar surface area (TPSA) is 56.8 Å². The lowest BCUT2D eigenvalue weighted by molar-refractivity contribution is -0.118. The van der Waals surface area contributed by atoms with Crippen LogP contribution in [0.2, 0.25) is 5.02 Å². The fraction of sp³-hybridized carbons (Fsp3) is 0.278. The van der Waals surface area contributed by atoms with Gasteiger partial charge in [-0.2, -0.15) is 0 Å². The molecule has 1 N–H and O–H groups in total. The standard InChI is InChI=1S/C18H20ClNO4/c1-4-23-13-5-7-14(8-6-13)24-11-18(21)20-16-9-12(2)15(19)10-17(16)22-3/h5-10H,4,11H2,1-3H3,(H,20,21). The van der Waals surface area contributed by atoms with Crippen molar-refractivity contribution in [3.05, 3.63) is 47.0 Å². The Bertz CT molecular complexity index is 701. The van der Waals surface area contributed by atoms with Crippen LogP contribution in [0.15, 0.2) is 36.4 Å². The van der Waals surface area contributed by atoms with Crippen LogP contribution in [0.4, 0.5) is 5.69 Å². The van der Waals surface area contributed by atoms with E-state index in [4.69, 9.17) is 25.8 Å². The van der Waals surface area contributed by atoms with Crippen molar-refractivity contribution in [3.63, 3.8) is 0 Å². The van der Waals surface area contributed by atoms with Crippen LogP contribution in [-0.2, 0) is 4.79 Å². The van der Waals surface area contributed by atoms with Crippen molar-refractivity contribution in [3.8, 4) is 17.2 Å². The number of halogens is 1. The van der Waals surface area contributed by atoms with Crippen molar-refractivity contribution in [2.45, 2.75) is 13.8 Å². The molecule has 0 aliphatic heterocycles. The van der Waals surface area contributed by atoms with Gasteiger partial charge in [-0.15, -0.1) is 0 Å². The van der Waals surface area contributed by atoms with E-state index in [2.05, 4.69) is 5.32 Å². The fourth-order valence-corrected chi connectivity index (χ4v) is 2.22. The average Bonchev–Trinajstić information content (AvgIpc) is 2.57. The van der Waals surface area contributed by atoms with E-state index < -0.39 is 0 Å². The first-order valence-electron chi connectivity index (χ1n) is 7.53. The van der Waals surface area contributed by atoms with Gasteiger partial charge in [-0.1, -0.05) is 11.6 Å². The minimum absolute atomic E-state index is 0.112. The minimum Gasteiger partial charge on any atom is -0.495 e. The van der Waals surface area contributed by atoms with Crippen molar-refractivity contribution in [2.75, 3.05) is 25.6 Å². The van der Waals surface area contributed by atoms with Crippen molar-refractivity contribution in [1.29, 1.82) is 0 Å². The highest BCUT2D eigenvalue weighted by Gasteiger charge is 2.11. The molecule has 0 spiro atoms. The molecule has 2 aromatic carbocycles. The van der Waals surface area contributed by atoms with Gasteiger partial charge in [-0.05, 0) is 49.7 Å². The Morgan fingerprint density at radius 2 is 1.75 bits per heavy atom. The first-order chi connectivity index (χ1) is 11.5. The van der Waals surface area contributed by atoms with Gasteiger partial charge in [-0.25, -0.2) is 0 Å². The van der Waals surface area contributed by atoms with E-state index in [9.17, 15) is 4.79 Å². The summed E-state index contributed by atoms with van der Waals surface area (Å²) < 4.78 is 16.0. The summed E-state index contributed by atoms with van der Waals surface area (Å²) in [5.41, 5.74) is 1.40. The van der Waals surface area contributed by atoms with Crippen LogP contribution < -0.4 is 19.5 Å². The van der Waals surface area contributed by atoms with Crippen LogP contribution in [0.5, 0.6) is 17.2 Å². The zero-order valence-electron chi connectivity index (χ0n) is 13.9. The first kappa shape index (κ1) is 17.9. The van der Waals surface area contributed by atoms with Crippen LogP contribution in [0.1, 0.15) is 12.5 Å². The Hall–Kier alpha value is -2.40. The Balaban J connectivity index is 1.95. The quantitative estimate of drug-likeness (QED) is 0.818. The highest BCUT2D eigenvalue weighted by molar-refractivity contribution is 6.31. The first-order valence-corrected chi connectivity index (χ1v) is 7.91. The summed E-state index contributed by atoms with van der Waals surface area (Å²) >= 11 is 6.05. The molecule has 5 nitrogen and oxygen atoms in total. The lowest BCUT2D eigenvalue weighted by atomic mass is 10.2. The number of carbonyl (C=O) groups excluding carboxylic acids is 1. The van der Waals surface area contributed by atoms with Gasteiger partial charge in [0.25, 0.3) is 5.91 Å². The molecular formula is C18H20ClNO4. The number of nitrogens with one attached hydrogen (secondary N) is 1. The van der Waals surface area contributed by atoms with E-state index in [0.717, 1.165) is 11.3 Å². The maximum absolute atomic E-state index is 12.1. The fourth-order valence-electron chi connectivity index (χ4n) is 2.06. The second-order valence-corrected chi connectivity index (χ2v) is 5.45. The van der Waals surface area contributed by atoms with Crippen LogP contribution in [0, 0.1) is 6.92 Å². The van der Waals surface area contributed by atoms with Crippen molar-refractivity contribution in [1.82, 2.24) is 0 Å². The zero-order chi connectivity index (χ0) is 17.5. The zero-order valence-corrected chi connectivity index (χ0v) is 14.6. The molecular weight excluding hydrogens is 330 g/mol. The normalized spacial score (nSPS) is 10.2. The Kier molecular flexibility index (Phi) is 6.32. The molecule has 0 unspecified atom stereocenters. The second-order valence-electron chi connectivity index (χ2n) is 5.04. The summed E-state index contributed by atoms with van der Waals surface area (Å²) in [5, 5.41) is 3.34. The molecule has 2 aromatic rings. The average molecular weight is 350 g/mol. The minimum atomic E-state index is -0.288. The molecule has 1 amide bonds. The maximum Gasteiger partial charge on any atom is 0.262 e. The Morgan fingerprint density at radius 3 is 2.33 bits per heavy atom. The number of methoxy groups -OCH3 is 1. The molecule has 24 heavy (non-hydrogen) atoms. The highest BCUT2D eigenvalue weighted by atomic mass is 35.5. The van der Waals surface area contributed by atoms with E-state index in [1.165, 1.54) is 7.11 Å².